The van der Waals surface area contributed by atoms with Crippen molar-refractivity contribution in [2.45, 2.75) is 37.3 Å². The van der Waals surface area contributed by atoms with E-state index in [0.717, 1.165) is 5.56 Å². The Labute approximate surface area is 121 Å². The second-order valence-corrected chi connectivity index (χ2v) is 6.66. The summed E-state index contributed by atoms with van der Waals surface area (Å²) in [6.45, 7) is 5.20. The maximum absolute atomic E-state index is 10.9. The largest absolute Gasteiger partial charge is 0.480 e. The Morgan fingerprint density at radius 1 is 1.55 bits per heavy atom. The molecule has 0 fully saturated rings. The maximum Gasteiger partial charge on any atom is 0.321 e. The highest BCUT2D eigenvalue weighted by Gasteiger charge is 2.32. The van der Waals surface area contributed by atoms with Crippen molar-refractivity contribution in [1.82, 2.24) is 0 Å². The number of hydrogen-bond donors (Lipinski definition) is 2. The SMILES string of the molecule is Cc1c(CSC(C)(C)[C@@H](N)C(=O)O)cccc1[N+](=O)[O-]. The lowest BCUT2D eigenvalue weighted by atomic mass is 10.1. The van der Waals surface area contributed by atoms with E-state index in [9.17, 15) is 14.9 Å². The molecule has 6 nitrogen and oxygen atoms in total. The van der Waals surface area contributed by atoms with Crippen LogP contribution in [0.15, 0.2) is 18.2 Å². The van der Waals surface area contributed by atoms with Crippen LogP contribution >= 0.6 is 11.8 Å². The molecule has 0 aliphatic rings. The first-order valence-corrected chi connectivity index (χ1v) is 7.00. The van der Waals surface area contributed by atoms with Gasteiger partial charge in [-0.05, 0) is 26.3 Å². The van der Waals surface area contributed by atoms with Crippen molar-refractivity contribution in [3.8, 4) is 0 Å². The van der Waals surface area contributed by atoms with Gasteiger partial charge in [-0.2, -0.15) is 0 Å². The zero-order valence-electron chi connectivity index (χ0n) is 11.6. The summed E-state index contributed by atoms with van der Waals surface area (Å²) in [5, 5.41) is 19.8. The van der Waals surface area contributed by atoms with E-state index in [-0.39, 0.29) is 5.69 Å². The third-order valence-electron chi connectivity index (χ3n) is 3.23. The van der Waals surface area contributed by atoms with Gasteiger partial charge in [-0.3, -0.25) is 14.9 Å². The van der Waals surface area contributed by atoms with Crippen LogP contribution in [0.25, 0.3) is 0 Å². The average Bonchev–Trinajstić information content (AvgIpc) is 2.36. The van der Waals surface area contributed by atoms with Crippen LogP contribution in [0.4, 0.5) is 5.69 Å². The van der Waals surface area contributed by atoms with Crippen LogP contribution < -0.4 is 5.73 Å². The zero-order chi connectivity index (χ0) is 15.5. The number of benzene rings is 1. The molecule has 0 saturated heterocycles. The minimum atomic E-state index is -1.06. The van der Waals surface area contributed by atoms with E-state index in [0.29, 0.717) is 11.3 Å². The van der Waals surface area contributed by atoms with Gasteiger partial charge in [0.25, 0.3) is 5.69 Å². The van der Waals surface area contributed by atoms with Crippen LogP contribution in [0.3, 0.4) is 0 Å². The lowest BCUT2D eigenvalue weighted by molar-refractivity contribution is -0.385. The molecule has 0 aromatic heterocycles. The van der Waals surface area contributed by atoms with E-state index in [1.807, 2.05) is 0 Å². The van der Waals surface area contributed by atoms with Crippen molar-refractivity contribution in [1.29, 1.82) is 0 Å². The molecule has 0 spiro atoms. The van der Waals surface area contributed by atoms with Gasteiger partial charge in [0.1, 0.15) is 6.04 Å². The van der Waals surface area contributed by atoms with Crippen molar-refractivity contribution < 1.29 is 14.8 Å². The molecule has 3 N–H and O–H groups in total. The molecule has 110 valence electrons. The van der Waals surface area contributed by atoms with Gasteiger partial charge in [-0.1, -0.05) is 12.1 Å². The molecular weight excluding hydrogens is 280 g/mol. The van der Waals surface area contributed by atoms with Gasteiger partial charge in [-0.25, -0.2) is 0 Å². The van der Waals surface area contributed by atoms with Crippen molar-refractivity contribution in [3.63, 3.8) is 0 Å². The number of carboxylic acids is 1. The number of rotatable bonds is 6. The second-order valence-electron chi connectivity index (χ2n) is 5.03. The van der Waals surface area contributed by atoms with Crippen LogP contribution in [0.1, 0.15) is 25.0 Å². The van der Waals surface area contributed by atoms with Crippen LogP contribution in [-0.4, -0.2) is 26.8 Å². The molecule has 1 atom stereocenters. The summed E-state index contributed by atoms with van der Waals surface area (Å²) >= 11 is 1.37. The molecule has 1 aromatic carbocycles. The molecule has 0 saturated carbocycles. The highest BCUT2D eigenvalue weighted by molar-refractivity contribution is 7.99. The van der Waals surface area contributed by atoms with E-state index in [1.54, 1.807) is 32.9 Å². The summed E-state index contributed by atoms with van der Waals surface area (Å²) in [5.74, 6) is -0.583. The van der Waals surface area contributed by atoms with Gasteiger partial charge in [0, 0.05) is 22.1 Å². The van der Waals surface area contributed by atoms with Gasteiger partial charge in [0.05, 0.1) is 4.92 Å². The molecule has 20 heavy (non-hydrogen) atoms. The monoisotopic (exact) mass is 298 g/mol. The minimum absolute atomic E-state index is 0.0726. The molecule has 0 heterocycles. The van der Waals surface area contributed by atoms with Crippen LogP contribution in [0, 0.1) is 17.0 Å². The summed E-state index contributed by atoms with van der Waals surface area (Å²) in [4.78, 5) is 21.4. The Morgan fingerprint density at radius 2 is 2.15 bits per heavy atom. The summed E-state index contributed by atoms with van der Waals surface area (Å²) in [6, 6.07) is 3.90. The summed E-state index contributed by atoms with van der Waals surface area (Å²) in [5.41, 5.74) is 7.13. The summed E-state index contributed by atoms with van der Waals surface area (Å²) < 4.78 is -0.664. The van der Waals surface area contributed by atoms with Gasteiger partial charge in [0.15, 0.2) is 0 Å². The normalized spacial score (nSPS) is 13.0. The Morgan fingerprint density at radius 3 is 2.65 bits per heavy atom. The number of carboxylic acid groups (broad SMARTS) is 1. The Bertz CT molecular complexity index is 531. The first kappa shape index (κ1) is 16.5. The number of thioether (sulfide) groups is 1. The van der Waals surface area contributed by atoms with Gasteiger partial charge >= 0.3 is 5.97 Å². The summed E-state index contributed by atoms with van der Waals surface area (Å²) in [7, 11) is 0. The number of hydrogen-bond acceptors (Lipinski definition) is 5. The fourth-order valence-electron chi connectivity index (χ4n) is 1.67. The predicted octanol–water partition coefficient (Wildman–Crippen LogP) is 2.33. The standard InChI is InChI=1S/C13H18N2O4S/c1-8-9(5-4-6-10(8)15(18)19)7-20-13(2,3)11(14)12(16)17/h4-6,11H,7,14H2,1-3H3,(H,16,17)/t11-/m0/s1. The van der Waals surface area contributed by atoms with Crippen molar-refractivity contribution in [3.05, 3.63) is 39.4 Å². The highest BCUT2D eigenvalue weighted by atomic mass is 32.2. The van der Waals surface area contributed by atoms with Crippen LogP contribution in [0.5, 0.6) is 0 Å². The average molecular weight is 298 g/mol. The number of nitrogens with two attached hydrogens (primary N) is 1. The molecule has 1 rings (SSSR count). The number of nitro benzene ring substituents is 1. The topological polar surface area (TPSA) is 106 Å². The number of aliphatic carboxylic acids is 1. The lowest BCUT2D eigenvalue weighted by Crippen LogP contribution is -2.46. The van der Waals surface area contributed by atoms with E-state index in [4.69, 9.17) is 10.8 Å². The molecular formula is C13H18N2O4S. The molecule has 0 aliphatic heterocycles. The van der Waals surface area contributed by atoms with Crippen molar-refractivity contribution in [2.24, 2.45) is 5.73 Å². The van der Waals surface area contributed by atoms with E-state index < -0.39 is 21.7 Å². The fraction of sp³-hybridized carbons (Fsp3) is 0.462. The van der Waals surface area contributed by atoms with Crippen molar-refractivity contribution >= 4 is 23.4 Å². The number of nitrogens with zero attached hydrogens (tertiary/aromatic N) is 1. The number of carbonyl (C=O) groups is 1. The summed E-state index contributed by atoms with van der Waals surface area (Å²) in [6.07, 6.45) is 0. The van der Waals surface area contributed by atoms with E-state index in [1.165, 1.54) is 17.8 Å². The van der Waals surface area contributed by atoms with Crippen molar-refractivity contribution in [2.75, 3.05) is 0 Å². The molecule has 0 unspecified atom stereocenters. The molecule has 0 amide bonds. The van der Waals surface area contributed by atoms with Crippen LogP contribution in [0.2, 0.25) is 0 Å². The highest BCUT2D eigenvalue weighted by Crippen LogP contribution is 2.33. The molecule has 7 heteroatoms. The third kappa shape index (κ3) is 3.71. The fourth-order valence-corrected chi connectivity index (χ4v) is 2.80. The first-order chi connectivity index (χ1) is 9.16. The minimum Gasteiger partial charge on any atom is -0.480 e. The lowest BCUT2D eigenvalue weighted by Gasteiger charge is -2.28. The first-order valence-electron chi connectivity index (χ1n) is 6.02. The Balaban J connectivity index is 2.88. The second kappa shape index (κ2) is 6.23. The smallest absolute Gasteiger partial charge is 0.321 e. The van der Waals surface area contributed by atoms with Gasteiger partial charge < -0.3 is 10.8 Å². The predicted molar refractivity (Wildman–Crippen MR) is 78.8 cm³/mol. The Kier molecular flexibility index (Phi) is 5.13. The van der Waals surface area contributed by atoms with Gasteiger partial charge in [-0.15, -0.1) is 11.8 Å². The third-order valence-corrected chi connectivity index (χ3v) is 4.68. The van der Waals surface area contributed by atoms with E-state index in [2.05, 4.69) is 0 Å². The maximum atomic E-state index is 10.9. The molecule has 0 bridgehead atoms. The molecule has 0 radical (unpaired) electrons. The molecule has 0 aliphatic carbocycles. The van der Waals surface area contributed by atoms with E-state index >= 15 is 0 Å². The molecule has 1 aromatic rings. The van der Waals surface area contributed by atoms with Gasteiger partial charge in [0.2, 0.25) is 0 Å². The quantitative estimate of drug-likeness (QED) is 0.616. The Hall–Kier alpha value is -1.60. The van der Waals surface area contributed by atoms with Crippen LogP contribution in [-0.2, 0) is 10.5 Å². The number of nitro groups is 1. The zero-order valence-corrected chi connectivity index (χ0v) is 12.4.